The summed E-state index contributed by atoms with van der Waals surface area (Å²) < 4.78 is 41.9. The molecule has 4 rings (SSSR count). The van der Waals surface area contributed by atoms with Crippen LogP contribution in [0.25, 0.3) is 10.8 Å². The quantitative estimate of drug-likeness (QED) is 0.228. The molecule has 10 nitrogen and oxygen atoms in total. The number of ether oxygens (including phenoxy) is 2. The van der Waals surface area contributed by atoms with Crippen LogP contribution in [0.3, 0.4) is 0 Å². The van der Waals surface area contributed by atoms with Crippen LogP contribution < -0.4 is 10.9 Å². The van der Waals surface area contributed by atoms with Crippen molar-refractivity contribution in [2.75, 3.05) is 26.4 Å². The number of amides is 2. The van der Waals surface area contributed by atoms with Crippen LogP contribution in [-0.4, -0.2) is 51.2 Å². The molecule has 1 saturated heterocycles. The Kier molecular flexibility index (Phi) is 8.49. The zero-order valence-corrected chi connectivity index (χ0v) is 21.2. The lowest BCUT2D eigenvalue weighted by Gasteiger charge is -2.26. The van der Waals surface area contributed by atoms with Gasteiger partial charge in [-0.2, -0.15) is 8.42 Å². The smallest absolute Gasteiger partial charge is 0.297 e. The van der Waals surface area contributed by atoms with Crippen LogP contribution in [0.5, 0.6) is 0 Å². The zero-order valence-electron chi connectivity index (χ0n) is 20.3. The summed E-state index contributed by atoms with van der Waals surface area (Å²) in [6, 6.07) is 14.4. The van der Waals surface area contributed by atoms with Crippen molar-refractivity contribution in [3.8, 4) is 0 Å². The van der Waals surface area contributed by atoms with Crippen LogP contribution in [0.2, 0.25) is 0 Å². The standard InChI is InChI=1S/C26H28N2O8S/c1-18-6-8-21(9-7-18)37(32,33)36-15-14-34-12-13-35-17-20-16-19-4-2-3-5-22(19)26(31)28(20)23-10-11-24(29)27-25(23)30/h2-9,16,23H,10-15,17H2,1H3,(H,27,29,30). The minimum atomic E-state index is -3.85. The Labute approximate surface area is 214 Å². The van der Waals surface area contributed by atoms with Crippen molar-refractivity contribution in [3.63, 3.8) is 0 Å². The van der Waals surface area contributed by atoms with E-state index in [0.29, 0.717) is 11.1 Å². The first kappa shape index (κ1) is 26.7. The van der Waals surface area contributed by atoms with Gasteiger partial charge in [0.05, 0.1) is 37.9 Å². The lowest BCUT2D eigenvalue weighted by Crippen LogP contribution is -2.45. The first-order valence-corrected chi connectivity index (χ1v) is 13.3. The second kappa shape index (κ2) is 11.8. The van der Waals surface area contributed by atoms with Gasteiger partial charge in [-0.05, 0) is 43.0 Å². The fraction of sp³-hybridized carbons (Fsp3) is 0.346. The Morgan fingerprint density at radius 1 is 0.946 bits per heavy atom. The van der Waals surface area contributed by atoms with Crippen molar-refractivity contribution in [2.45, 2.75) is 37.3 Å². The maximum atomic E-state index is 13.2. The number of benzene rings is 2. The van der Waals surface area contributed by atoms with Gasteiger partial charge in [-0.3, -0.25) is 28.5 Å². The van der Waals surface area contributed by atoms with Gasteiger partial charge < -0.3 is 9.47 Å². The van der Waals surface area contributed by atoms with Crippen molar-refractivity contribution in [2.24, 2.45) is 0 Å². The molecule has 11 heteroatoms. The fourth-order valence-electron chi connectivity index (χ4n) is 4.08. The largest absolute Gasteiger partial charge is 0.377 e. The van der Waals surface area contributed by atoms with Gasteiger partial charge in [-0.1, -0.05) is 35.9 Å². The van der Waals surface area contributed by atoms with E-state index in [1.165, 1.54) is 16.7 Å². The Hall–Kier alpha value is -3.38. The summed E-state index contributed by atoms with van der Waals surface area (Å²) in [5, 5.41) is 3.49. The van der Waals surface area contributed by atoms with E-state index in [0.717, 1.165) is 10.9 Å². The number of aromatic nitrogens is 1. The van der Waals surface area contributed by atoms with E-state index < -0.39 is 22.1 Å². The first-order chi connectivity index (χ1) is 17.8. The Morgan fingerprint density at radius 2 is 1.65 bits per heavy atom. The molecule has 3 aromatic rings. The predicted molar refractivity (Wildman–Crippen MR) is 134 cm³/mol. The molecule has 1 aliphatic heterocycles. The molecule has 1 N–H and O–H groups in total. The second-order valence-corrected chi connectivity index (χ2v) is 10.2. The minimum absolute atomic E-state index is 0.0411. The Morgan fingerprint density at radius 3 is 2.41 bits per heavy atom. The maximum absolute atomic E-state index is 13.2. The number of rotatable bonds is 11. The predicted octanol–water partition coefficient (Wildman–Crippen LogP) is 2.23. The van der Waals surface area contributed by atoms with Gasteiger partial charge in [0.1, 0.15) is 6.04 Å². The molecule has 0 bridgehead atoms. The molecule has 196 valence electrons. The molecule has 0 saturated carbocycles. The van der Waals surface area contributed by atoms with Crippen LogP contribution >= 0.6 is 0 Å². The lowest BCUT2D eigenvalue weighted by molar-refractivity contribution is -0.135. The monoisotopic (exact) mass is 528 g/mol. The number of fused-ring (bicyclic) bond motifs is 1. The number of nitrogens with one attached hydrogen (secondary N) is 1. The molecule has 1 atom stereocenters. The molecule has 0 radical (unpaired) electrons. The van der Waals surface area contributed by atoms with Crippen LogP contribution in [-0.2, 0) is 40.0 Å². The third kappa shape index (κ3) is 6.50. The SMILES string of the molecule is Cc1ccc(S(=O)(=O)OCCOCCOCc2cc3ccccc3c(=O)n2C2CCC(=O)NC2=O)cc1. The maximum Gasteiger partial charge on any atom is 0.297 e. The molecular weight excluding hydrogens is 500 g/mol. The number of carbonyl (C=O) groups is 2. The van der Waals surface area contributed by atoms with Gasteiger partial charge in [0.25, 0.3) is 15.7 Å². The topological polar surface area (TPSA) is 130 Å². The molecule has 2 heterocycles. The van der Waals surface area contributed by atoms with Crippen LogP contribution in [0, 0.1) is 6.92 Å². The summed E-state index contributed by atoms with van der Waals surface area (Å²) in [5.74, 6) is -0.875. The minimum Gasteiger partial charge on any atom is -0.377 e. The number of aryl methyl sites for hydroxylation is 1. The summed E-state index contributed by atoms with van der Waals surface area (Å²) >= 11 is 0. The lowest BCUT2D eigenvalue weighted by atomic mass is 10.0. The molecule has 1 aromatic heterocycles. The normalized spacial score (nSPS) is 16.2. The fourth-order valence-corrected chi connectivity index (χ4v) is 4.97. The molecule has 1 fully saturated rings. The number of imide groups is 1. The Balaban J connectivity index is 1.31. The molecule has 2 aromatic carbocycles. The highest BCUT2D eigenvalue weighted by atomic mass is 32.2. The molecule has 0 aliphatic carbocycles. The highest BCUT2D eigenvalue weighted by Crippen LogP contribution is 2.22. The van der Waals surface area contributed by atoms with Gasteiger partial charge in [0, 0.05) is 17.5 Å². The van der Waals surface area contributed by atoms with Crippen LogP contribution in [0.1, 0.15) is 30.1 Å². The molecule has 1 aliphatic rings. The highest BCUT2D eigenvalue weighted by molar-refractivity contribution is 7.86. The van der Waals surface area contributed by atoms with Gasteiger partial charge in [0.15, 0.2) is 0 Å². The second-order valence-electron chi connectivity index (χ2n) is 8.62. The highest BCUT2D eigenvalue weighted by Gasteiger charge is 2.30. The number of nitrogens with zero attached hydrogens (tertiary/aromatic N) is 1. The van der Waals surface area contributed by atoms with E-state index in [4.69, 9.17) is 13.7 Å². The van der Waals surface area contributed by atoms with Gasteiger partial charge in [-0.15, -0.1) is 0 Å². The summed E-state index contributed by atoms with van der Waals surface area (Å²) in [7, 11) is -3.85. The summed E-state index contributed by atoms with van der Waals surface area (Å²) in [6.07, 6.45) is 0.371. The number of hydrogen-bond donors (Lipinski definition) is 1. The summed E-state index contributed by atoms with van der Waals surface area (Å²) in [5.41, 5.74) is 1.13. The van der Waals surface area contributed by atoms with E-state index in [9.17, 15) is 22.8 Å². The summed E-state index contributed by atoms with van der Waals surface area (Å²) in [4.78, 5) is 37.4. The van der Waals surface area contributed by atoms with E-state index in [1.807, 2.05) is 19.1 Å². The van der Waals surface area contributed by atoms with E-state index in [1.54, 1.807) is 30.3 Å². The van der Waals surface area contributed by atoms with Crippen molar-refractivity contribution < 1.29 is 31.7 Å². The van der Waals surface area contributed by atoms with Crippen molar-refractivity contribution in [3.05, 3.63) is 76.2 Å². The van der Waals surface area contributed by atoms with Gasteiger partial charge in [-0.25, -0.2) is 0 Å². The van der Waals surface area contributed by atoms with E-state index in [-0.39, 0.29) is 62.2 Å². The third-order valence-electron chi connectivity index (χ3n) is 5.96. The molecule has 1 unspecified atom stereocenters. The summed E-state index contributed by atoms with van der Waals surface area (Å²) in [6.45, 7) is 2.15. The van der Waals surface area contributed by atoms with Crippen molar-refractivity contribution in [1.82, 2.24) is 9.88 Å². The van der Waals surface area contributed by atoms with Gasteiger partial charge in [0.2, 0.25) is 11.8 Å². The Bertz CT molecular complexity index is 1450. The van der Waals surface area contributed by atoms with Crippen LogP contribution in [0.4, 0.5) is 0 Å². The number of carbonyl (C=O) groups excluding carboxylic acids is 2. The average Bonchev–Trinajstić information content (AvgIpc) is 2.87. The van der Waals surface area contributed by atoms with Crippen LogP contribution in [0.15, 0.2) is 64.3 Å². The first-order valence-electron chi connectivity index (χ1n) is 11.8. The average molecular weight is 529 g/mol. The van der Waals surface area contributed by atoms with Crippen molar-refractivity contribution >= 4 is 32.7 Å². The van der Waals surface area contributed by atoms with E-state index >= 15 is 0 Å². The third-order valence-corrected chi connectivity index (χ3v) is 7.29. The molecule has 37 heavy (non-hydrogen) atoms. The zero-order chi connectivity index (χ0) is 26.4. The molecule has 2 amide bonds. The molecular formula is C26H28N2O8S. The number of piperidine rings is 1. The molecule has 0 spiro atoms. The number of hydrogen-bond acceptors (Lipinski definition) is 8. The van der Waals surface area contributed by atoms with E-state index in [2.05, 4.69) is 5.32 Å². The number of pyridine rings is 1. The van der Waals surface area contributed by atoms with Crippen molar-refractivity contribution in [1.29, 1.82) is 0 Å². The van der Waals surface area contributed by atoms with Gasteiger partial charge >= 0.3 is 0 Å².